The molecule has 0 aliphatic rings. The second kappa shape index (κ2) is 5.60. The lowest BCUT2D eigenvalue weighted by Crippen LogP contribution is -2.02. The number of halogens is 1. The van der Waals surface area contributed by atoms with E-state index in [1.165, 1.54) is 0 Å². The van der Waals surface area contributed by atoms with Crippen molar-refractivity contribution in [2.75, 3.05) is 5.75 Å². The normalized spacial score (nSPS) is 10.1. The molecular formula is C10H11IO2S. The van der Waals surface area contributed by atoms with Gasteiger partial charge in [0.15, 0.2) is 0 Å². The molecule has 0 spiro atoms. The van der Waals surface area contributed by atoms with Gasteiger partial charge in [0.05, 0.1) is 6.42 Å². The Kier molecular flexibility index (Phi) is 4.74. The van der Waals surface area contributed by atoms with Gasteiger partial charge in [0.1, 0.15) is 0 Å². The van der Waals surface area contributed by atoms with Crippen molar-refractivity contribution in [3.05, 3.63) is 27.3 Å². The van der Waals surface area contributed by atoms with Crippen LogP contribution in [-0.4, -0.2) is 16.8 Å². The van der Waals surface area contributed by atoms with Crippen LogP contribution in [0.3, 0.4) is 0 Å². The van der Waals surface area contributed by atoms with E-state index in [9.17, 15) is 4.79 Å². The van der Waals surface area contributed by atoms with Crippen LogP contribution in [0.25, 0.3) is 0 Å². The highest BCUT2D eigenvalue weighted by Crippen LogP contribution is 2.22. The van der Waals surface area contributed by atoms with E-state index >= 15 is 0 Å². The average molecular weight is 322 g/mol. The Morgan fingerprint density at radius 1 is 1.57 bits per heavy atom. The molecule has 0 heterocycles. The molecule has 0 radical (unpaired) electrons. The number of hydrogen-bond donors (Lipinski definition) is 1. The predicted octanol–water partition coefficient (Wildman–Crippen LogP) is 3.03. The van der Waals surface area contributed by atoms with E-state index in [1.54, 1.807) is 11.8 Å². The molecule has 1 N–H and O–H groups in total. The lowest BCUT2D eigenvalue weighted by atomic mass is 10.2. The smallest absolute Gasteiger partial charge is 0.307 e. The maximum Gasteiger partial charge on any atom is 0.307 e. The van der Waals surface area contributed by atoms with Crippen LogP contribution in [0.5, 0.6) is 0 Å². The Hall–Kier alpha value is -0.230. The number of aliphatic carboxylic acids is 1. The first kappa shape index (κ1) is 11.8. The summed E-state index contributed by atoms with van der Waals surface area (Å²) in [5, 5.41) is 8.70. The fraction of sp³-hybridized carbons (Fsp3) is 0.300. The summed E-state index contributed by atoms with van der Waals surface area (Å²) in [6.07, 6.45) is 0.108. The molecule has 0 saturated carbocycles. The van der Waals surface area contributed by atoms with E-state index in [2.05, 4.69) is 29.5 Å². The summed E-state index contributed by atoms with van der Waals surface area (Å²) in [7, 11) is 0. The van der Waals surface area contributed by atoms with Crippen LogP contribution >= 0.6 is 34.4 Å². The second-order valence-corrected chi connectivity index (χ2v) is 5.26. The summed E-state index contributed by atoms with van der Waals surface area (Å²) in [4.78, 5) is 11.7. The Labute approximate surface area is 101 Å². The Morgan fingerprint density at radius 2 is 2.29 bits per heavy atom. The Bertz CT molecular complexity index is 339. The molecule has 76 valence electrons. The Balaban J connectivity index is 2.90. The highest BCUT2D eigenvalue weighted by atomic mass is 127. The molecule has 2 nitrogen and oxygen atoms in total. The first-order valence-corrected chi connectivity index (χ1v) is 6.33. The largest absolute Gasteiger partial charge is 0.481 e. The van der Waals surface area contributed by atoms with Crippen LogP contribution in [0, 0.1) is 3.57 Å². The molecule has 1 aromatic carbocycles. The van der Waals surface area contributed by atoms with Crippen LogP contribution < -0.4 is 0 Å². The molecule has 14 heavy (non-hydrogen) atoms. The quantitative estimate of drug-likeness (QED) is 0.684. The summed E-state index contributed by atoms with van der Waals surface area (Å²) in [5.74, 6) is 0.231. The number of carboxylic acids is 1. The maximum atomic E-state index is 10.6. The van der Waals surface area contributed by atoms with Gasteiger partial charge in [0.25, 0.3) is 0 Å². The molecule has 0 atom stereocenters. The molecule has 0 unspecified atom stereocenters. The molecular weight excluding hydrogens is 311 g/mol. The van der Waals surface area contributed by atoms with Crippen LogP contribution in [0.15, 0.2) is 23.1 Å². The molecule has 0 saturated heterocycles. The average Bonchev–Trinajstić information content (AvgIpc) is 2.10. The second-order valence-electron chi connectivity index (χ2n) is 2.76. The summed E-state index contributed by atoms with van der Waals surface area (Å²) in [6.45, 7) is 2.08. The van der Waals surface area contributed by atoms with E-state index < -0.39 is 5.97 Å². The van der Waals surface area contributed by atoms with E-state index in [1.807, 2.05) is 18.2 Å². The van der Waals surface area contributed by atoms with E-state index in [0.717, 1.165) is 19.8 Å². The minimum absolute atomic E-state index is 0.108. The SMILES string of the molecule is CCSc1ccc(I)c(CC(=O)O)c1. The van der Waals surface area contributed by atoms with Crippen molar-refractivity contribution >= 4 is 40.3 Å². The first-order chi connectivity index (χ1) is 6.63. The summed E-state index contributed by atoms with van der Waals surface area (Å²) < 4.78 is 1.02. The molecule has 1 aromatic rings. The first-order valence-electron chi connectivity index (χ1n) is 4.26. The molecule has 0 aromatic heterocycles. The zero-order valence-electron chi connectivity index (χ0n) is 7.79. The van der Waals surface area contributed by atoms with Crippen LogP contribution in [0.4, 0.5) is 0 Å². The zero-order valence-corrected chi connectivity index (χ0v) is 10.8. The predicted molar refractivity (Wildman–Crippen MR) is 66.9 cm³/mol. The fourth-order valence-electron chi connectivity index (χ4n) is 1.11. The van der Waals surface area contributed by atoms with Gasteiger partial charge in [0.2, 0.25) is 0 Å². The molecule has 0 aliphatic carbocycles. The third-order valence-electron chi connectivity index (χ3n) is 1.67. The molecule has 0 bridgehead atoms. The topological polar surface area (TPSA) is 37.3 Å². The summed E-state index contributed by atoms with van der Waals surface area (Å²) in [5.41, 5.74) is 0.900. The third-order valence-corrected chi connectivity index (χ3v) is 3.60. The standard InChI is InChI=1S/C10H11IO2S/c1-2-14-8-3-4-9(11)7(5-8)6-10(12)13/h3-5H,2,6H2,1H3,(H,12,13). The number of hydrogen-bond acceptors (Lipinski definition) is 2. The van der Waals surface area contributed by atoms with Gasteiger partial charge in [-0.05, 0) is 52.1 Å². The minimum atomic E-state index is -0.776. The Morgan fingerprint density at radius 3 is 2.86 bits per heavy atom. The van der Waals surface area contributed by atoms with Crippen LogP contribution in [0.2, 0.25) is 0 Å². The lowest BCUT2D eigenvalue weighted by Gasteiger charge is -2.04. The number of thioether (sulfide) groups is 1. The number of rotatable bonds is 4. The van der Waals surface area contributed by atoms with Gasteiger partial charge in [-0.3, -0.25) is 4.79 Å². The monoisotopic (exact) mass is 322 g/mol. The van der Waals surface area contributed by atoms with Crippen molar-refractivity contribution in [1.29, 1.82) is 0 Å². The highest BCUT2D eigenvalue weighted by Gasteiger charge is 2.05. The van der Waals surface area contributed by atoms with Gasteiger partial charge in [0, 0.05) is 8.47 Å². The molecule has 4 heteroatoms. The maximum absolute atomic E-state index is 10.6. The van der Waals surface area contributed by atoms with Crippen molar-refractivity contribution in [2.24, 2.45) is 0 Å². The van der Waals surface area contributed by atoms with Gasteiger partial charge >= 0.3 is 5.97 Å². The van der Waals surface area contributed by atoms with Crippen molar-refractivity contribution in [2.45, 2.75) is 18.2 Å². The van der Waals surface area contributed by atoms with Gasteiger partial charge in [-0.25, -0.2) is 0 Å². The van der Waals surface area contributed by atoms with Gasteiger partial charge < -0.3 is 5.11 Å². The van der Waals surface area contributed by atoms with Crippen LogP contribution in [-0.2, 0) is 11.2 Å². The lowest BCUT2D eigenvalue weighted by molar-refractivity contribution is -0.136. The fourth-order valence-corrected chi connectivity index (χ4v) is 2.36. The van der Waals surface area contributed by atoms with Gasteiger partial charge in [-0.2, -0.15) is 0 Å². The van der Waals surface area contributed by atoms with Crippen molar-refractivity contribution < 1.29 is 9.90 Å². The van der Waals surface area contributed by atoms with Gasteiger partial charge in [-0.15, -0.1) is 11.8 Å². The van der Waals surface area contributed by atoms with E-state index in [0.29, 0.717) is 0 Å². The molecule has 0 aliphatic heterocycles. The zero-order chi connectivity index (χ0) is 10.6. The minimum Gasteiger partial charge on any atom is -0.481 e. The number of carbonyl (C=O) groups is 1. The number of carboxylic acid groups (broad SMARTS) is 1. The van der Waals surface area contributed by atoms with Crippen LogP contribution in [0.1, 0.15) is 12.5 Å². The van der Waals surface area contributed by atoms with E-state index in [4.69, 9.17) is 5.11 Å². The van der Waals surface area contributed by atoms with Crippen molar-refractivity contribution in [1.82, 2.24) is 0 Å². The molecule has 1 rings (SSSR count). The summed E-state index contributed by atoms with van der Waals surface area (Å²) >= 11 is 3.90. The summed E-state index contributed by atoms with van der Waals surface area (Å²) in [6, 6.07) is 5.96. The van der Waals surface area contributed by atoms with Gasteiger partial charge in [-0.1, -0.05) is 6.92 Å². The van der Waals surface area contributed by atoms with E-state index in [-0.39, 0.29) is 6.42 Å². The molecule has 0 fully saturated rings. The van der Waals surface area contributed by atoms with Crippen molar-refractivity contribution in [3.8, 4) is 0 Å². The number of benzene rings is 1. The molecule has 0 amide bonds. The highest BCUT2D eigenvalue weighted by molar-refractivity contribution is 14.1. The third kappa shape index (κ3) is 3.49. The van der Waals surface area contributed by atoms with Crippen molar-refractivity contribution in [3.63, 3.8) is 0 Å².